The number of carbonyl (C=O) groups excluding carboxylic acids is 1. The van der Waals surface area contributed by atoms with E-state index in [1.807, 2.05) is 0 Å². The Labute approximate surface area is 169 Å². The maximum Gasteiger partial charge on any atom is 0.435 e. The van der Waals surface area contributed by atoms with Crippen LogP contribution >= 0.6 is 0 Å². The number of benzene rings is 1. The summed E-state index contributed by atoms with van der Waals surface area (Å²) in [5.74, 6) is -0.733. The van der Waals surface area contributed by atoms with Crippen LogP contribution in [0.1, 0.15) is 12.6 Å². The van der Waals surface area contributed by atoms with E-state index in [2.05, 4.69) is 10.1 Å². The van der Waals surface area contributed by atoms with Crippen LogP contribution in [0.3, 0.4) is 0 Å². The van der Waals surface area contributed by atoms with Crippen molar-refractivity contribution in [2.45, 2.75) is 24.5 Å². The van der Waals surface area contributed by atoms with Crippen LogP contribution in [-0.2, 0) is 32.3 Å². The second-order valence-electron chi connectivity index (χ2n) is 6.23. The summed E-state index contributed by atoms with van der Waals surface area (Å²) in [6, 6.07) is 9.64. The Bertz CT molecular complexity index is 1180. The van der Waals surface area contributed by atoms with Gasteiger partial charge in [0, 0.05) is 5.69 Å². The molecule has 30 heavy (non-hydrogen) atoms. The Kier molecular flexibility index (Phi) is 5.72. The molecule has 12 heteroatoms. The first-order valence-electron chi connectivity index (χ1n) is 8.62. The molecule has 0 aliphatic rings. The van der Waals surface area contributed by atoms with Crippen molar-refractivity contribution in [3.63, 3.8) is 0 Å². The Morgan fingerprint density at radius 1 is 1.20 bits per heavy atom. The molecule has 160 valence electrons. The molecular formula is C18H17F3N4O4S. The van der Waals surface area contributed by atoms with Crippen molar-refractivity contribution in [3.8, 4) is 22.6 Å². The molecule has 0 fully saturated rings. The monoisotopic (exact) mass is 442 g/mol. The fourth-order valence-corrected chi connectivity index (χ4v) is 3.33. The number of aromatic amines is 1. The van der Waals surface area contributed by atoms with Crippen LogP contribution < -0.4 is 5.14 Å². The molecule has 8 nitrogen and oxygen atoms in total. The molecular weight excluding hydrogens is 425 g/mol. The third kappa shape index (κ3) is 4.71. The minimum atomic E-state index is -4.70. The molecule has 0 saturated carbocycles. The lowest BCUT2D eigenvalue weighted by atomic mass is 10.2. The van der Waals surface area contributed by atoms with E-state index in [4.69, 9.17) is 9.88 Å². The minimum absolute atomic E-state index is 0.0178. The van der Waals surface area contributed by atoms with Gasteiger partial charge in [0.15, 0.2) is 5.69 Å². The van der Waals surface area contributed by atoms with E-state index < -0.39 is 34.4 Å². The lowest BCUT2D eigenvalue weighted by molar-refractivity contribution is -0.146. The summed E-state index contributed by atoms with van der Waals surface area (Å²) in [7, 11) is -3.92. The average Bonchev–Trinajstić information content (AvgIpc) is 3.28. The molecule has 3 rings (SSSR count). The molecule has 0 amide bonds. The molecule has 0 aliphatic heterocycles. The Morgan fingerprint density at radius 3 is 2.53 bits per heavy atom. The van der Waals surface area contributed by atoms with E-state index in [1.54, 1.807) is 19.1 Å². The molecule has 0 radical (unpaired) electrons. The van der Waals surface area contributed by atoms with Crippen molar-refractivity contribution < 1.29 is 31.1 Å². The highest BCUT2D eigenvalue weighted by atomic mass is 32.2. The van der Waals surface area contributed by atoms with E-state index in [-0.39, 0.29) is 22.9 Å². The van der Waals surface area contributed by atoms with E-state index in [0.29, 0.717) is 11.3 Å². The predicted octanol–water partition coefficient (Wildman–Crippen LogP) is 2.77. The molecule has 3 N–H and O–H groups in total. The van der Waals surface area contributed by atoms with Gasteiger partial charge in [0.1, 0.15) is 6.54 Å². The van der Waals surface area contributed by atoms with Crippen molar-refractivity contribution in [2.24, 2.45) is 5.14 Å². The van der Waals surface area contributed by atoms with Crippen LogP contribution in [0.2, 0.25) is 0 Å². The quantitative estimate of drug-likeness (QED) is 0.569. The summed E-state index contributed by atoms with van der Waals surface area (Å²) in [4.78, 5) is 14.6. The van der Waals surface area contributed by atoms with Crippen LogP contribution in [0, 0.1) is 0 Å². The Morgan fingerprint density at radius 2 is 1.90 bits per heavy atom. The van der Waals surface area contributed by atoms with Crippen LogP contribution in [0.15, 0.2) is 47.4 Å². The molecule has 0 unspecified atom stereocenters. The highest BCUT2D eigenvalue weighted by Crippen LogP contribution is 2.32. The van der Waals surface area contributed by atoms with E-state index in [1.165, 1.54) is 24.3 Å². The summed E-state index contributed by atoms with van der Waals surface area (Å²) < 4.78 is 68.2. The van der Waals surface area contributed by atoms with Crippen LogP contribution in [0.4, 0.5) is 13.2 Å². The third-order valence-electron chi connectivity index (χ3n) is 4.09. The number of hydrogen-bond acceptors (Lipinski definition) is 5. The summed E-state index contributed by atoms with van der Waals surface area (Å²) in [6.07, 6.45) is -4.70. The van der Waals surface area contributed by atoms with Crippen LogP contribution in [0.5, 0.6) is 0 Å². The molecule has 2 heterocycles. The van der Waals surface area contributed by atoms with Crippen molar-refractivity contribution >= 4 is 16.0 Å². The van der Waals surface area contributed by atoms with Gasteiger partial charge in [-0.3, -0.25) is 9.48 Å². The van der Waals surface area contributed by atoms with E-state index >= 15 is 0 Å². The third-order valence-corrected chi connectivity index (χ3v) is 5.00. The predicted molar refractivity (Wildman–Crippen MR) is 100 cm³/mol. The Hall–Kier alpha value is -3.12. The lowest BCUT2D eigenvalue weighted by Crippen LogP contribution is -2.16. The van der Waals surface area contributed by atoms with E-state index in [0.717, 1.165) is 10.7 Å². The highest BCUT2D eigenvalue weighted by molar-refractivity contribution is 7.89. The van der Waals surface area contributed by atoms with Gasteiger partial charge < -0.3 is 9.72 Å². The van der Waals surface area contributed by atoms with Gasteiger partial charge in [-0.05, 0) is 42.8 Å². The maximum atomic E-state index is 13.1. The van der Waals surface area contributed by atoms with Gasteiger partial charge in [-0.1, -0.05) is 12.1 Å². The summed E-state index contributed by atoms with van der Waals surface area (Å²) in [5, 5.41) is 8.62. The summed E-state index contributed by atoms with van der Waals surface area (Å²) in [6.45, 7) is 1.15. The fraction of sp³-hybridized carbons (Fsp3) is 0.222. The zero-order chi connectivity index (χ0) is 22.1. The number of H-pyrrole nitrogens is 1. The number of nitrogens with one attached hydrogen (secondary N) is 1. The number of primary sulfonamides is 1. The highest BCUT2D eigenvalue weighted by Gasteiger charge is 2.35. The minimum Gasteiger partial charge on any atom is -0.465 e. The molecule has 0 saturated heterocycles. The van der Waals surface area contributed by atoms with E-state index in [9.17, 15) is 26.4 Å². The molecule has 0 atom stereocenters. The fourth-order valence-electron chi connectivity index (χ4n) is 2.78. The average molecular weight is 442 g/mol. The second-order valence-corrected chi connectivity index (χ2v) is 7.80. The van der Waals surface area contributed by atoms with Gasteiger partial charge in [-0.2, -0.15) is 18.3 Å². The van der Waals surface area contributed by atoms with Gasteiger partial charge in [0.25, 0.3) is 0 Å². The lowest BCUT2D eigenvalue weighted by Gasteiger charge is -2.06. The zero-order valence-electron chi connectivity index (χ0n) is 15.6. The number of sulfonamides is 1. The van der Waals surface area contributed by atoms with Gasteiger partial charge in [0.05, 0.1) is 22.9 Å². The van der Waals surface area contributed by atoms with Crippen molar-refractivity contribution in [1.82, 2.24) is 14.8 Å². The van der Waals surface area contributed by atoms with Gasteiger partial charge in [-0.15, -0.1) is 0 Å². The van der Waals surface area contributed by atoms with Crippen molar-refractivity contribution in [1.29, 1.82) is 0 Å². The molecule has 1 aromatic carbocycles. The largest absolute Gasteiger partial charge is 0.465 e. The number of aromatic nitrogens is 3. The topological polar surface area (TPSA) is 120 Å². The molecule has 0 spiro atoms. The Balaban J connectivity index is 2.02. The first-order valence-corrected chi connectivity index (χ1v) is 10.2. The van der Waals surface area contributed by atoms with Gasteiger partial charge in [-0.25, -0.2) is 13.6 Å². The molecule has 0 aliphatic carbocycles. The number of ether oxygens (including phenoxy) is 1. The molecule has 0 bridgehead atoms. The number of nitrogens with zero attached hydrogens (tertiary/aromatic N) is 2. The first-order chi connectivity index (χ1) is 14.0. The number of hydrogen-bond donors (Lipinski definition) is 2. The number of nitrogens with two attached hydrogens (primary N) is 1. The number of esters is 1. The van der Waals surface area contributed by atoms with Crippen LogP contribution in [-0.4, -0.2) is 35.8 Å². The van der Waals surface area contributed by atoms with Crippen LogP contribution in [0.25, 0.3) is 22.6 Å². The number of halogens is 3. The molecule has 3 aromatic rings. The van der Waals surface area contributed by atoms with Gasteiger partial charge in [0.2, 0.25) is 10.0 Å². The number of alkyl halides is 3. The summed E-state index contributed by atoms with van der Waals surface area (Å²) >= 11 is 0. The molecule has 2 aromatic heterocycles. The van der Waals surface area contributed by atoms with Crippen molar-refractivity contribution in [2.75, 3.05) is 6.61 Å². The summed E-state index contributed by atoms with van der Waals surface area (Å²) in [5.41, 5.74) is 0.00456. The normalized spacial score (nSPS) is 12.2. The standard InChI is InChI=1S/C18H17F3N4O4S/c1-2-29-17(26)10-25-15(9-16(24-25)18(19,20)21)14-7-6-13(23-14)11-4-3-5-12(8-11)30(22,27)28/h3-9,23H,2,10H2,1H3,(H2,22,27,28). The first kappa shape index (κ1) is 21.6. The SMILES string of the molecule is CCOC(=O)Cn1nc(C(F)(F)F)cc1-c1ccc(-c2cccc(S(N)(=O)=O)c2)[nH]1. The maximum absolute atomic E-state index is 13.1. The number of rotatable bonds is 6. The van der Waals surface area contributed by atoms with Crippen molar-refractivity contribution in [3.05, 3.63) is 48.2 Å². The smallest absolute Gasteiger partial charge is 0.435 e. The second kappa shape index (κ2) is 7.95. The zero-order valence-corrected chi connectivity index (χ0v) is 16.4. The van der Waals surface area contributed by atoms with Gasteiger partial charge >= 0.3 is 12.1 Å². The number of carbonyl (C=O) groups is 1.